The molecule has 1 unspecified atom stereocenters. The fraction of sp³-hybridized carbons (Fsp3) is 0.810. The van der Waals surface area contributed by atoms with Crippen LogP contribution in [-0.4, -0.2) is 83.1 Å². The molecule has 1 aliphatic carbocycles. The molecule has 3 aliphatic rings. The van der Waals surface area contributed by atoms with Crippen LogP contribution in [0.15, 0.2) is 12.3 Å². The van der Waals surface area contributed by atoms with E-state index in [-0.39, 0.29) is 11.4 Å². The summed E-state index contributed by atoms with van der Waals surface area (Å²) in [5.74, 6) is 0.107. The maximum absolute atomic E-state index is 12.8. The van der Waals surface area contributed by atoms with Crippen molar-refractivity contribution in [3.05, 3.63) is 18.0 Å². The number of piperidine rings is 1. The molecule has 7 nitrogen and oxygen atoms in total. The van der Waals surface area contributed by atoms with Crippen molar-refractivity contribution in [1.82, 2.24) is 19.6 Å². The number of hydrogen-bond donors (Lipinski definition) is 0. The lowest BCUT2D eigenvalue weighted by Gasteiger charge is -2.63. The minimum Gasteiger partial charge on any atom is -0.382 e. The molecule has 3 fully saturated rings. The molecule has 156 valence electrons. The van der Waals surface area contributed by atoms with Crippen molar-refractivity contribution < 1.29 is 14.3 Å². The lowest BCUT2D eigenvalue weighted by Crippen LogP contribution is -2.75. The van der Waals surface area contributed by atoms with Gasteiger partial charge in [0.2, 0.25) is 0 Å². The third-order valence-electron chi connectivity index (χ3n) is 7.09. The van der Waals surface area contributed by atoms with E-state index in [9.17, 15) is 4.79 Å². The molecule has 4 rings (SSSR count). The summed E-state index contributed by atoms with van der Waals surface area (Å²) in [7, 11) is 3.56. The Morgan fingerprint density at radius 1 is 1.21 bits per heavy atom. The highest BCUT2D eigenvalue weighted by Crippen LogP contribution is 2.47. The van der Waals surface area contributed by atoms with Crippen molar-refractivity contribution >= 4 is 5.91 Å². The molecule has 2 saturated heterocycles. The number of aromatic nitrogens is 2. The minimum absolute atomic E-state index is 0.107. The Balaban J connectivity index is 1.36. The maximum Gasteiger partial charge on any atom is 0.272 e. The molecule has 0 radical (unpaired) electrons. The van der Waals surface area contributed by atoms with E-state index in [1.807, 2.05) is 18.0 Å². The number of carbonyl (C=O) groups is 1. The maximum atomic E-state index is 12.8. The topological polar surface area (TPSA) is 59.8 Å². The lowest BCUT2D eigenvalue weighted by molar-refractivity contribution is -0.203. The summed E-state index contributed by atoms with van der Waals surface area (Å²) in [5, 5.41) is 4.13. The molecule has 1 aromatic rings. The highest BCUT2D eigenvalue weighted by atomic mass is 16.5. The zero-order valence-corrected chi connectivity index (χ0v) is 17.3. The predicted molar refractivity (Wildman–Crippen MR) is 106 cm³/mol. The molecule has 1 aromatic heterocycles. The van der Waals surface area contributed by atoms with Gasteiger partial charge in [-0.05, 0) is 31.7 Å². The van der Waals surface area contributed by atoms with Crippen LogP contribution in [0.1, 0.15) is 55.4 Å². The van der Waals surface area contributed by atoms with Crippen molar-refractivity contribution in [3.8, 4) is 0 Å². The molecule has 1 spiro atoms. The summed E-state index contributed by atoms with van der Waals surface area (Å²) in [6.45, 7) is 4.05. The monoisotopic (exact) mass is 390 g/mol. The summed E-state index contributed by atoms with van der Waals surface area (Å²) in [6, 6.07) is 2.37. The van der Waals surface area contributed by atoms with Crippen molar-refractivity contribution in [2.24, 2.45) is 7.05 Å². The molecule has 1 amide bonds. The Morgan fingerprint density at radius 3 is 2.61 bits per heavy atom. The first-order chi connectivity index (χ1) is 13.7. The molecule has 1 saturated carbocycles. The second kappa shape index (κ2) is 8.51. The number of aryl methyl sites for hydroxylation is 1. The predicted octanol–water partition coefficient (Wildman–Crippen LogP) is 2.07. The van der Waals surface area contributed by atoms with Gasteiger partial charge in [0.15, 0.2) is 0 Å². The van der Waals surface area contributed by atoms with E-state index in [4.69, 9.17) is 9.47 Å². The first-order valence-corrected chi connectivity index (χ1v) is 10.8. The second-order valence-corrected chi connectivity index (χ2v) is 8.53. The van der Waals surface area contributed by atoms with Gasteiger partial charge in [-0.25, -0.2) is 0 Å². The molecule has 0 bridgehead atoms. The van der Waals surface area contributed by atoms with E-state index in [0.717, 1.165) is 32.5 Å². The number of methoxy groups -OCH3 is 1. The second-order valence-electron chi connectivity index (χ2n) is 8.53. The lowest BCUT2D eigenvalue weighted by atomic mass is 9.69. The minimum atomic E-state index is 0.107. The number of ether oxygens (including phenoxy) is 2. The van der Waals surface area contributed by atoms with Gasteiger partial charge in [0, 0.05) is 51.6 Å². The zero-order valence-electron chi connectivity index (χ0n) is 17.3. The third kappa shape index (κ3) is 3.60. The van der Waals surface area contributed by atoms with Gasteiger partial charge < -0.3 is 14.4 Å². The number of nitrogens with zero attached hydrogens (tertiary/aromatic N) is 4. The van der Waals surface area contributed by atoms with E-state index >= 15 is 0 Å². The molecule has 2 aliphatic heterocycles. The van der Waals surface area contributed by atoms with Crippen LogP contribution in [0.4, 0.5) is 0 Å². The Kier molecular flexibility index (Phi) is 6.04. The summed E-state index contributed by atoms with van der Waals surface area (Å²) in [5.41, 5.74) is 0.906. The fourth-order valence-corrected chi connectivity index (χ4v) is 5.50. The van der Waals surface area contributed by atoms with Crippen molar-refractivity contribution in [2.75, 3.05) is 40.0 Å². The van der Waals surface area contributed by atoms with E-state index in [1.165, 1.54) is 32.1 Å². The van der Waals surface area contributed by atoms with E-state index in [2.05, 4.69) is 10.00 Å². The molecule has 28 heavy (non-hydrogen) atoms. The highest BCUT2D eigenvalue weighted by Gasteiger charge is 2.56. The van der Waals surface area contributed by atoms with Gasteiger partial charge >= 0.3 is 0 Å². The van der Waals surface area contributed by atoms with Crippen molar-refractivity contribution in [3.63, 3.8) is 0 Å². The van der Waals surface area contributed by atoms with Crippen LogP contribution in [0.5, 0.6) is 0 Å². The number of amides is 1. The van der Waals surface area contributed by atoms with Gasteiger partial charge in [-0.15, -0.1) is 0 Å². The Labute approximate surface area is 167 Å². The van der Waals surface area contributed by atoms with Gasteiger partial charge in [0.1, 0.15) is 5.69 Å². The van der Waals surface area contributed by atoms with Gasteiger partial charge in [-0.2, -0.15) is 5.10 Å². The molecule has 0 aromatic carbocycles. The first kappa shape index (κ1) is 19.9. The third-order valence-corrected chi connectivity index (χ3v) is 7.09. The number of likely N-dealkylation sites (tertiary alicyclic amines) is 2. The van der Waals surface area contributed by atoms with Crippen LogP contribution in [0.2, 0.25) is 0 Å². The van der Waals surface area contributed by atoms with Crippen LogP contribution in [0.3, 0.4) is 0 Å². The van der Waals surface area contributed by atoms with E-state index in [1.54, 1.807) is 18.0 Å². The Bertz CT molecular complexity index is 662. The Morgan fingerprint density at radius 2 is 1.96 bits per heavy atom. The molecular formula is C21H34N4O3. The smallest absolute Gasteiger partial charge is 0.272 e. The van der Waals surface area contributed by atoms with Crippen LogP contribution < -0.4 is 0 Å². The van der Waals surface area contributed by atoms with Crippen LogP contribution >= 0.6 is 0 Å². The zero-order chi connectivity index (χ0) is 19.6. The summed E-state index contributed by atoms with van der Waals surface area (Å²) in [4.78, 5) is 17.5. The van der Waals surface area contributed by atoms with Crippen LogP contribution in [-0.2, 0) is 16.5 Å². The van der Waals surface area contributed by atoms with Gasteiger partial charge in [0.05, 0.1) is 19.3 Å². The molecule has 0 N–H and O–H groups in total. The number of rotatable bonds is 6. The Hall–Kier alpha value is -1.44. The average molecular weight is 391 g/mol. The number of hydrogen-bond acceptors (Lipinski definition) is 5. The first-order valence-electron chi connectivity index (χ1n) is 10.8. The van der Waals surface area contributed by atoms with E-state index < -0.39 is 0 Å². The van der Waals surface area contributed by atoms with Crippen LogP contribution in [0.25, 0.3) is 0 Å². The van der Waals surface area contributed by atoms with Crippen LogP contribution in [0, 0.1) is 0 Å². The fourth-order valence-electron chi connectivity index (χ4n) is 5.50. The normalized spacial score (nSPS) is 25.8. The molecule has 1 atom stereocenters. The largest absolute Gasteiger partial charge is 0.382 e. The quantitative estimate of drug-likeness (QED) is 0.696. The number of carbonyl (C=O) groups excluding carboxylic acids is 1. The van der Waals surface area contributed by atoms with Crippen molar-refractivity contribution in [2.45, 2.75) is 62.6 Å². The SMILES string of the molecule is COCCOC1CN(C2CCN(C(=O)c3ccnn3C)CC2)C12CCCCC2. The summed E-state index contributed by atoms with van der Waals surface area (Å²) in [6.07, 6.45) is 10.6. The van der Waals surface area contributed by atoms with Gasteiger partial charge in [0.25, 0.3) is 5.91 Å². The molecule has 7 heteroatoms. The standard InChI is InChI=1S/C21H34N4O3/c1-23-18(6-11-22-23)20(26)24-12-7-17(8-13-24)25-16-19(28-15-14-27-2)21(25)9-4-3-5-10-21/h6,11,17,19H,3-5,7-10,12-16H2,1-2H3. The van der Waals surface area contributed by atoms with Crippen molar-refractivity contribution in [1.29, 1.82) is 0 Å². The average Bonchev–Trinajstić information content (AvgIpc) is 3.16. The highest BCUT2D eigenvalue weighted by molar-refractivity contribution is 5.92. The molecular weight excluding hydrogens is 356 g/mol. The summed E-state index contributed by atoms with van der Waals surface area (Å²) < 4.78 is 13.1. The van der Waals surface area contributed by atoms with Gasteiger partial charge in [-0.1, -0.05) is 19.3 Å². The summed E-state index contributed by atoms with van der Waals surface area (Å²) >= 11 is 0. The van der Waals surface area contributed by atoms with Gasteiger partial charge in [-0.3, -0.25) is 14.4 Å². The van der Waals surface area contributed by atoms with E-state index in [0.29, 0.717) is 31.1 Å². The molecule has 3 heterocycles.